The predicted molar refractivity (Wildman–Crippen MR) is 84.0 cm³/mol. The summed E-state index contributed by atoms with van der Waals surface area (Å²) in [7, 11) is 2.31. The summed E-state index contributed by atoms with van der Waals surface area (Å²) < 4.78 is 0. The minimum atomic E-state index is 0.741. The average molecular weight is 261 g/mol. The quantitative estimate of drug-likeness (QED) is 0.442. The number of hydrogen-bond donors (Lipinski definition) is 0. The van der Waals surface area contributed by atoms with E-state index in [-0.39, 0.29) is 0 Å². The lowest BCUT2D eigenvalue weighted by Crippen LogP contribution is -2.06. The molecule has 0 saturated carbocycles. The van der Waals surface area contributed by atoms with Crippen LogP contribution in [0.25, 0.3) is 0 Å². The molecule has 0 amide bonds. The first-order chi connectivity index (χ1) is 7.74. The zero-order chi connectivity index (χ0) is 12.2. The Morgan fingerprint density at radius 3 is 2.00 bits per heavy atom. The molecule has 0 aliphatic heterocycles. The molecule has 0 aliphatic rings. The molecule has 0 nitrogen and oxygen atoms in total. The highest BCUT2D eigenvalue weighted by Gasteiger charge is 2.09. The van der Waals surface area contributed by atoms with E-state index in [2.05, 4.69) is 27.7 Å². The molecule has 0 rings (SSSR count). The second kappa shape index (κ2) is 12.3. The standard InChI is InChI=1S/C14H31P2/c1-5-8-14(16-12-7-3)10-9-13(4)15-11-6-2/h13-16H,4-12H2,1-3H3. The van der Waals surface area contributed by atoms with E-state index in [4.69, 9.17) is 0 Å². The highest BCUT2D eigenvalue weighted by Crippen LogP contribution is 2.31. The molecule has 4 atom stereocenters. The Morgan fingerprint density at radius 2 is 1.44 bits per heavy atom. The van der Waals surface area contributed by atoms with Crippen molar-refractivity contribution in [1.82, 2.24) is 0 Å². The summed E-state index contributed by atoms with van der Waals surface area (Å²) in [4.78, 5) is 0. The van der Waals surface area contributed by atoms with Gasteiger partial charge in [-0.05, 0) is 49.8 Å². The molecule has 97 valence electrons. The Hall–Kier alpha value is 0.860. The lowest BCUT2D eigenvalue weighted by molar-refractivity contribution is 0.651. The molecule has 0 saturated heterocycles. The van der Waals surface area contributed by atoms with E-state index >= 15 is 0 Å². The van der Waals surface area contributed by atoms with Crippen molar-refractivity contribution in [2.45, 2.75) is 70.6 Å². The lowest BCUT2D eigenvalue weighted by Gasteiger charge is -2.18. The molecule has 1 radical (unpaired) electrons. The Labute approximate surface area is 107 Å². The third-order valence-corrected chi connectivity index (χ3v) is 6.46. The molecule has 0 aromatic rings. The van der Waals surface area contributed by atoms with Gasteiger partial charge in [-0.3, -0.25) is 0 Å². The van der Waals surface area contributed by atoms with Crippen molar-refractivity contribution in [1.29, 1.82) is 0 Å². The van der Waals surface area contributed by atoms with Crippen LogP contribution in [0.2, 0.25) is 0 Å². The molecule has 4 unspecified atom stereocenters. The number of rotatable bonds is 11. The van der Waals surface area contributed by atoms with Crippen molar-refractivity contribution in [2.75, 3.05) is 12.3 Å². The first kappa shape index (κ1) is 16.9. The summed E-state index contributed by atoms with van der Waals surface area (Å²) >= 11 is 0. The summed E-state index contributed by atoms with van der Waals surface area (Å²) in [5.41, 5.74) is 1.76. The molecule has 0 spiro atoms. The van der Waals surface area contributed by atoms with Crippen LogP contribution >= 0.6 is 17.2 Å². The van der Waals surface area contributed by atoms with Crippen molar-refractivity contribution in [2.24, 2.45) is 0 Å². The predicted octanol–water partition coefficient (Wildman–Crippen LogP) is 5.31. The SMILES string of the molecule is [CH2]C(CCC(CCC)PCCC)PCCC. The van der Waals surface area contributed by atoms with Crippen LogP contribution in [0.15, 0.2) is 0 Å². The number of hydrogen-bond acceptors (Lipinski definition) is 0. The van der Waals surface area contributed by atoms with Crippen LogP contribution in [-0.2, 0) is 0 Å². The van der Waals surface area contributed by atoms with Gasteiger partial charge in [-0.15, -0.1) is 17.2 Å². The molecule has 0 aromatic carbocycles. The van der Waals surface area contributed by atoms with Gasteiger partial charge in [0.05, 0.1) is 0 Å². The third kappa shape index (κ3) is 10.0. The summed E-state index contributed by atoms with van der Waals surface area (Å²) in [6.07, 6.45) is 11.2. The summed E-state index contributed by atoms with van der Waals surface area (Å²) in [5.74, 6) is 0. The van der Waals surface area contributed by atoms with Crippen LogP contribution < -0.4 is 0 Å². The summed E-state index contributed by atoms with van der Waals surface area (Å²) in [6, 6.07) is 0. The minimum absolute atomic E-state index is 0.741. The van der Waals surface area contributed by atoms with E-state index in [9.17, 15) is 0 Å². The van der Waals surface area contributed by atoms with E-state index in [0.717, 1.165) is 19.9 Å². The van der Waals surface area contributed by atoms with Crippen LogP contribution in [0.5, 0.6) is 0 Å². The lowest BCUT2D eigenvalue weighted by atomic mass is 10.1. The van der Waals surface area contributed by atoms with E-state index in [0.29, 0.717) is 0 Å². The summed E-state index contributed by atoms with van der Waals surface area (Å²) in [5, 5.41) is 0. The first-order valence-electron chi connectivity index (χ1n) is 7.04. The van der Waals surface area contributed by atoms with Gasteiger partial charge >= 0.3 is 0 Å². The molecule has 0 aromatic heterocycles. The largest absolute Gasteiger partial charge is 0.119 e. The van der Waals surface area contributed by atoms with Gasteiger partial charge in [0.1, 0.15) is 0 Å². The average Bonchev–Trinajstić information content (AvgIpc) is 2.30. The van der Waals surface area contributed by atoms with Gasteiger partial charge in [-0.25, -0.2) is 0 Å². The van der Waals surface area contributed by atoms with Gasteiger partial charge < -0.3 is 0 Å². The maximum atomic E-state index is 4.30. The molecule has 2 heteroatoms. The van der Waals surface area contributed by atoms with Crippen molar-refractivity contribution in [3.05, 3.63) is 6.92 Å². The fourth-order valence-electron chi connectivity index (χ4n) is 1.90. The van der Waals surface area contributed by atoms with Gasteiger partial charge in [0.25, 0.3) is 0 Å². The fourth-order valence-corrected chi connectivity index (χ4v) is 4.53. The minimum Gasteiger partial charge on any atom is -0.119 e. The van der Waals surface area contributed by atoms with Gasteiger partial charge in [0, 0.05) is 0 Å². The van der Waals surface area contributed by atoms with Crippen molar-refractivity contribution in [3.8, 4) is 0 Å². The van der Waals surface area contributed by atoms with Crippen molar-refractivity contribution < 1.29 is 0 Å². The van der Waals surface area contributed by atoms with E-state index in [1.54, 1.807) is 0 Å². The molecule has 0 heterocycles. The second-order valence-electron chi connectivity index (χ2n) is 4.67. The smallest absolute Gasteiger partial charge is 0.0236 e. The summed E-state index contributed by atoms with van der Waals surface area (Å²) in [6.45, 7) is 11.2. The Balaban J connectivity index is 3.63. The van der Waals surface area contributed by atoms with Gasteiger partial charge in [-0.2, -0.15) is 0 Å². The van der Waals surface area contributed by atoms with Gasteiger partial charge in [-0.1, -0.05) is 40.0 Å². The Bertz CT molecular complexity index is 137. The van der Waals surface area contributed by atoms with E-state index in [1.807, 2.05) is 0 Å². The molecule has 0 N–H and O–H groups in total. The van der Waals surface area contributed by atoms with Crippen LogP contribution in [0.3, 0.4) is 0 Å². The second-order valence-corrected chi connectivity index (χ2v) is 8.12. The van der Waals surface area contributed by atoms with Crippen molar-refractivity contribution in [3.63, 3.8) is 0 Å². The first-order valence-corrected chi connectivity index (χ1v) is 9.61. The maximum absolute atomic E-state index is 4.30. The van der Waals surface area contributed by atoms with E-state index in [1.165, 1.54) is 59.4 Å². The molecular weight excluding hydrogens is 230 g/mol. The van der Waals surface area contributed by atoms with Gasteiger partial charge in [0.2, 0.25) is 0 Å². The van der Waals surface area contributed by atoms with Crippen LogP contribution in [-0.4, -0.2) is 23.6 Å². The van der Waals surface area contributed by atoms with Gasteiger partial charge in [0.15, 0.2) is 0 Å². The van der Waals surface area contributed by atoms with Crippen molar-refractivity contribution >= 4 is 17.2 Å². The topological polar surface area (TPSA) is 0 Å². The molecular formula is C14H31P2. The normalized spacial score (nSPS) is 16.5. The van der Waals surface area contributed by atoms with Crippen LogP contribution in [0, 0.1) is 6.92 Å². The van der Waals surface area contributed by atoms with Crippen LogP contribution in [0.1, 0.15) is 59.3 Å². The monoisotopic (exact) mass is 261 g/mol. The zero-order valence-corrected chi connectivity index (χ0v) is 13.5. The Kier molecular flexibility index (Phi) is 13.0. The van der Waals surface area contributed by atoms with E-state index < -0.39 is 0 Å². The fraction of sp³-hybridized carbons (Fsp3) is 0.929. The molecule has 0 bridgehead atoms. The zero-order valence-electron chi connectivity index (χ0n) is 11.5. The molecule has 16 heavy (non-hydrogen) atoms. The van der Waals surface area contributed by atoms with Crippen LogP contribution in [0.4, 0.5) is 0 Å². The highest BCUT2D eigenvalue weighted by atomic mass is 31.1. The molecule has 0 aliphatic carbocycles. The maximum Gasteiger partial charge on any atom is -0.0236 e. The third-order valence-electron chi connectivity index (χ3n) is 2.87. The Morgan fingerprint density at radius 1 is 0.812 bits per heavy atom. The molecule has 0 fully saturated rings. The highest BCUT2D eigenvalue weighted by molar-refractivity contribution is 7.39.